The third kappa shape index (κ3) is 48.4. The molecule has 0 rings (SSSR count). The van der Waals surface area contributed by atoms with Crippen LogP contribution in [-0.2, 0) is 28.6 Å². The third-order valence-corrected chi connectivity index (χ3v) is 11.5. The molecular formula is C56H100O6. The van der Waals surface area contributed by atoms with Gasteiger partial charge in [0.15, 0.2) is 6.10 Å². The molecule has 0 aliphatic carbocycles. The van der Waals surface area contributed by atoms with Crippen molar-refractivity contribution in [1.82, 2.24) is 0 Å². The zero-order valence-corrected chi connectivity index (χ0v) is 41.1. The summed E-state index contributed by atoms with van der Waals surface area (Å²) in [5.41, 5.74) is 0. The molecule has 0 saturated heterocycles. The molecule has 6 nitrogen and oxygen atoms in total. The topological polar surface area (TPSA) is 78.9 Å². The van der Waals surface area contributed by atoms with Crippen LogP contribution in [0.15, 0.2) is 48.6 Å². The van der Waals surface area contributed by atoms with Gasteiger partial charge in [-0.1, -0.05) is 204 Å². The van der Waals surface area contributed by atoms with E-state index in [1.54, 1.807) is 0 Å². The first-order valence-electron chi connectivity index (χ1n) is 26.6. The van der Waals surface area contributed by atoms with Gasteiger partial charge in [-0.15, -0.1) is 0 Å². The monoisotopic (exact) mass is 869 g/mol. The quantitative estimate of drug-likeness (QED) is 0.0262. The molecule has 0 N–H and O–H groups in total. The summed E-state index contributed by atoms with van der Waals surface area (Å²) in [4.78, 5) is 37.9. The summed E-state index contributed by atoms with van der Waals surface area (Å²) in [6, 6.07) is 0. The second-order valence-electron chi connectivity index (χ2n) is 17.7. The van der Waals surface area contributed by atoms with E-state index in [0.717, 1.165) is 83.5 Å². The maximum absolute atomic E-state index is 12.8. The van der Waals surface area contributed by atoms with Gasteiger partial charge in [0, 0.05) is 19.3 Å². The highest BCUT2D eigenvalue weighted by atomic mass is 16.6. The predicted octanol–water partition coefficient (Wildman–Crippen LogP) is 17.5. The summed E-state index contributed by atoms with van der Waals surface area (Å²) in [7, 11) is 0. The van der Waals surface area contributed by atoms with E-state index in [1.165, 1.54) is 148 Å². The second-order valence-corrected chi connectivity index (χ2v) is 17.7. The van der Waals surface area contributed by atoms with E-state index in [0.29, 0.717) is 19.3 Å². The van der Waals surface area contributed by atoms with Crippen LogP contribution in [0.3, 0.4) is 0 Å². The van der Waals surface area contributed by atoms with Crippen molar-refractivity contribution in [2.24, 2.45) is 0 Å². The minimum atomic E-state index is -0.790. The lowest BCUT2D eigenvalue weighted by Gasteiger charge is -2.18. The van der Waals surface area contributed by atoms with E-state index in [4.69, 9.17) is 14.2 Å². The number of ether oxygens (including phenoxy) is 3. The average Bonchev–Trinajstić information content (AvgIpc) is 3.27. The molecule has 0 aromatic heterocycles. The van der Waals surface area contributed by atoms with E-state index >= 15 is 0 Å². The van der Waals surface area contributed by atoms with Crippen molar-refractivity contribution >= 4 is 17.9 Å². The number of unbranched alkanes of at least 4 members (excludes halogenated alkanes) is 29. The summed E-state index contributed by atoms with van der Waals surface area (Å²) in [6.07, 6.45) is 61.1. The SMILES string of the molecule is CC/C=C\C/C=C\CCCCC(=O)OCC(COC(=O)CCCCCCCCC/C=C\CCCCCCCCCC)OC(=O)CCCCCCC/C=C\CCCCCCCCC. The molecule has 1 atom stereocenters. The molecule has 0 aliphatic heterocycles. The van der Waals surface area contributed by atoms with Gasteiger partial charge in [0.05, 0.1) is 0 Å². The zero-order chi connectivity index (χ0) is 45.1. The van der Waals surface area contributed by atoms with Crippen molar-refractivity contribution in [2.75, 3.05) is 13.2 Å². The number of hydrogen-bond acceptors (Lipinski definition) is 6. The van der Waals surface area contributed by atoms with E-state index in [2.05, 4.69) is 69.4 Å². The van der Waals surface area contributed by atoms with Gasteiger partial charge in [0.1, 0.15) is 13.2 Å². The minimum absolute atomic E-state index is 0.0881. The van der Waals surface area contributed by atoms with Crippen molar-refractivity contribution in [2.45, 2.75) is 277 Å². The Balaban J connectivity index is 4.31. The van der Waals surface area contributed by atoms with E-state index in [9.17, 15) is 14.4 Å². The lowest BCUT2D eigenvalue weighted by atomic mass is 10.1. The first kappa shape index (κ1) is 59.4. The molecule has 0 radical (unpaired) electrons. The van der Waals surface area contributed by atoms with E-state index < -0.39 is 6.10 Å². The van der Waals surface area contributed by atoms with Crippen molar-refractivity contribution in [3.05, 3.63) is 48.6 Å². The van der Waals surface area contributed by atoms with Crippen LogP contribution in [0.2, 0.25) is 0 Å². The molecule has 0 heterocycles. The Morgan fingerprint density at radius 2 is 0.629 bits per heavy atom. The number of carbonyl (C=O) groups is 3. The van der Waals surface area contributed by atoms with Gasteiger partial charge in [-0.3, -0.25) is 14.4 Å². The van der Waals surface area contributed by atoms with Crippen LogP contribution >= 0.6 is 0 Å². The molecule has 1 unspecified atom stereocenters. The number of carbonyl (C=O) groups excluding carboxylic acids is 3. The zero-order valence-electron chi connectivity index (χ0n) is 41.1. The first-order chi connectivity index (χ1) is 30.5. The number of esters is 3. The molecule has 0 saturated carbocycles. The minimum Gasteiger partial charge on any atom is -0.462 e. The van der Waals surface area contributed by atoms with Crippen molar-refractivity contribution in [3.8, 4) is 0 Å². The van der Waals surface area contributed by atoms with E-state index in [-0.39, 0.29) is 31.1 Å². The third-order valence-electron chi connectivity index (χ3n) is 11.5. The summed E-state index contributed by atoms with van der Waals surface area (Å²) in [5, 5.41) is 0. The van der Waals surface area contributed by atoms with Gasteiger partial charge in [-0.05, 0) is 96.3 Å². The lowest BCUT2D eigenvalue weighted by molar-refractivity contribution is -0.167. The molecule has 62 heavy (non-hydrogen) atoms. The molecule has 0 amide bonds. The predicted molar refractivity (Wildman–Crippen MR) is 265 cm³/mol. The number of rotatable bonds is 48. The second kappa shape index (κ2) is 51.0. The Morgan fingerprint density at radius 3 is 1.02 bits per heavy atom. The summed E-state index contributed by atoms with van der Waals surface area (Å²) in [5.74, 6) is -0.932. The molecule has 0 spiro atoms. The molecular weight excluding hydrogens is 769 g/mol. The molecule has 0 bridgehead atoms. The van der Waals surface area contributed by atoms with Crippen LogP contribution in [0.5, 0.6) is 0 Å². The molecule has 0 fully saturated rings. The van der Waals surface area contributed by atoms with Gasteiger partial charge >= 0.3 is 17.9 Å². The highest BCUT2D eigenvalue weighted by Crippen LogP contribution is 2.15. The Morgan fingerprint density at radius 1 is 0.339 bits per heavy atom. The van der Waals surface area contributed by atoms with Crippen LogP contribution < -0.4 is 0 Å². The van der Waals surface area contributed by atoms with Gasteiger partial charge in [0.25, 0.3) is 0 Å². The molecule has 6 heteroatoms. The maximum atomic E-state index is 12.8. The molecule has 0 aromatic carbocycles. The van der Waals surface area contributed by atoms with Crippen molar-refractivity contribution in [3.63, 3.8) is 0 Å². The van der Waals surface area contributed by atoms with Crippen LogP contribution in [0.1, 0.15) is 271 Å². The lowest BCUT2D eigenvalue weighted by Crippen LogP contribution is -2.30. The normalized spacial score (nSPS) is 12.4. The first-order valence-corrected chi connectivity index (χ1v) is 26.6. The number of hydrogen-bond donors (Lipinski definition) is 0. The Kier molecular flexibility index (Phi) is 48.8. The fourth-order valence-electron chi connectivity index (χ4n) is 7.53. The van der Waals surface area contributed by atoms with Crippen molar-refractivity contribution in [1.29, 1.82) is 0 Å². The fraction of sp³-hybridized carbons (Fsp3) is 0.804. The number of allylic oxidation sites excluding steroid dienone is 8. The standard InChI is InChI=1S/C56H100O6/c1-4-7-10-13-16-19-21-23-25-27-28-29-31-32-34-37-40-43-46-49-55(58)61-52-53(51-60-54(57)48-45-42-39-36-18-15-12-9-6-3)62-56(59)50-47-44-41-38-35-33-30-26-24-22-20-17-14-11-8-5-2/h9,12,18,26-28,30,36,53H,4-8,10-11,13-17,19-25,29,31-35,37-52H2,1-3H3/b12-9-,28-27-,30-26-,36-18-. The summed E-state index contributed by atoms with van der Waals surface area (Å²) < 4.78 is 16.7. The van der Waals surface area contributed by atoms with Crippen LogP contribution in [0, 0.1) is 0 Å². The van der Waals surface area contributed by atoms with Crippen LogP contribution in [-0.4, -0.2) is 37.2 Å². The van der Waals surface area contributed by atoms with Crippen LogP contribution in [0.25, 0.3) is 0 Å². The van der Waals surface area contributed by atoms with Crippen LogP contribution in [0.4, 0.5) is 0 Å². The fourth-order valence-corrected chi connectivity index (χ4v) is 7.53. The molecule has 0 aliphatic rings. The molecule has 0 aromatic rings. The van der Waals surface area contributed by atoms with Crippen molar-refractivity contribution < 1.29 is 28.6 Å². The van der Waals surface area contributed by atoms with E-state index in [1.807, 2.05) is 0 Å². The molecule has 360 valence electrons. The Bertz CT molecular complexity index is 1090. The Labute approximate surface area is 384 Å². The van der Waals surface area contributed by atoms with Gasteiger partial charge in [-0.2, -0.15) is 0 Å². The summed E-state index contributed by atoms with van der Waals surface area (Å²) in [6.45, 7) is 6.49. The average molecular weight is 869 g/mol. The summed E-state index contributed by atoms with van der Waals surface area (Å²) >= 11 is 0. The Hall–Kier alpha value is -2.63. The maximum Gasteiger partial charge on any atom is 0.306 e. The van der Waals surface area contributed by atoms with Gasteiger partial charge < -0.3 is 14.2 Å². The highest BCUT2D eigenvalue weighted by Gasteiger charge is 2.19. The highest BCUT2D eigenvalue weighted by molar-refractivity contribution is 5.71. The largest absolute Gasteiger partial charge is 0.462 e. The van der Waals surface area contributed by atoms with Gasteiger partial charge in [-0.25, -0.2) is 0 Å². The van der Waals surface area contributed by atoms with Gasteiger partial charge in [0.2, 0.25) is 0 Å². The smallest absolute Gasteiger partial charge is 0.306 e.